The number of hydrogen-bond acceptors (Lipinski definition) is 4. The van der Waals surface area contributed by atoms with Crippen molar-refractivity contribution >= 4 is 18.0 Å². The van der Waals surface area contributed by atoms with Gasteiger partial charge in [-0.05, 0) is 43.5 Å². The molecular weight excluding hydrogens is 337 g/mol. The van der Waals surface area contributed by atoms with Crippen molar-refractivity contribution in [3.63, 3.8) is 0 Å². The summed E-state index contributed by atoms with van der Waals surface area (Å²) in [6.45, 7) is 1.55. The highest BCUT2D eigenvalue weighted by atomic mass is 19.1. The number of carbonyl (C=O) groups is 2. The number of benzene rings is 1. The lowest BCUT2D eigenvalue weighted by Crippen LogP contribution is -2.41. The van der Waals surface area contributed by atoms with Gasteiger partial charge in [0.1, 0.15) is 0 Å². The summed E-state index contributed by atoms with van der Waals surface area (Å²) >= 11 is 0. The number of halogens is 1. The van der Waals surface area contributed by atoms with E-state index in [2.05, 4.69) is 5.32 Å². The normalized spacial score (nSPS) is 16.7. The van der Waals surface area contributed by atoms with Gasteiger partial charge in [0.15, 0.2) is 17.7 Å². The minimum Gasteiger partial charge on any atom is -0.494 e. The first-order chi connectivity index (χ1) is 12.5. The van der Waals surface area contributed by atoms with Crippen LogP contribution in [0.25, 0.3) is 6.08 Å². The second kappa shape index (κ2) is 9.94. The zero-order valence-corrected chi connectivity index (χ0v) is 15.3. The van der Waals surface area contributed by atoms with Gasteiger partial charge in [0, 0.05) is 12.1 Å². The standard InChI is InChI=1S/C20H26FNO4/c1-14(20(24)22-16-7-5-3-4-6-8-16)26-19(23)12-10-15-9-11-18(25-2)17(21)13-15/h9-14,16H,3-8H2,1-2H3,(H,22,24)/b12-10+/t14-/m0/s1. The molecule has 0 saturated heterocycles. The van der Waals surface area contributed by atoms with E-state index in [0.29, 0.717) is 5.56 Å². The van der Waals surface area contributed by atoms with Crippen molar-refractivity contribution in [1.29, 1.82) is 0 Å². The Morgan fingerprint density at radius 1 is 1.23 bits per heavy atom. The minimum atomic E-state index is -0.872. The Hall–Kier alpha value is -2.37. The predicted molar refractivity (Wildman–Crippen MR) is 97.2 cm³/mol. The molecule has 0 aliphatic heterocycles. The Labute approximate surface area is 153 Å². The summed E-state index contributed by atoms with van der Waals surface area (Å²) < 4.78 is 23.6. The van der Waals surface area contributed by atoms with Gasteiger partial charge < -0.3 is 14.8 Å². The number of ether oxygens (including phenoxy) is 2. The van der Waals surface area contributed by atoms with Crippen LogP contribution in [-0.2, 0) is 14.3 Å². The highest BCUT2D eigenvalue weighted by Crippen LogP contribution is 2.19. The van der Waals surface area contributed by atoms with E-state index in [1.807, 2.05) is 0 Å². The Bertz CT molecular complexity index is 651. The fraction of sp³-hybridized carbons (Fsp3) is 0.500. The van der Waals surface area contributed by atoms with Crippen molar-refractivity contribution in [2.75, 3.05) is 7.11 Å². The number of methoxy groups -OCH3 is 1. The van der Waals surface area contributed by atoms with Crippen LogP contribution in [0.2, 0.25) is 0 Å². The molecule has 1 aliphatic carbocycles. The molecule has 0 radical (unpaired) electrons. The first kappa shape index (κ1) is 19.9. The van der Waals surface area contributed by atoms with E-state index >= 15 is 0 Å². The monoisotopic (exact) mass is 363 g/mol. The number of carbonyl (C=O) groups excluding carboxylic acids is 2. The van der Waals surface area contributed by atoms with Gasteiger partial charge in [-0.2, -0.15) is 0 Å². The zero-order valence-electron chi connectivity index (χ0n) is 15.3. The van der Waals surface area contributed by atoms with Gasteiger partial charge in [0.05, 0.1) is 7.11 Å². The van der Waals surface area contributed by atoms with Crippen LogP contribution in [0.3, 0.4) is 0 Å². The van der Waals surface area contributed by atoms with E-state index in [9.17, 15) is 14.0 Å². The molecule has 1 N–H and O–H groups in total. The Balaban J connectivity index is 1.83. The number of hydrogen-bond donors (Lipinski definition) is 1. The van der Waals surface area contributed by atoms with E-state index in [0.717, 1.165) is 25.7 Å². The maximum atomic E-state index is 13.6. The van der Waals surface area contributed by atoms with Crippen LogP contribution >= 0.6 is 0 Å². The Kier molecular flexibility index (Phi) is 7.63. The highest BCUT2D eigenvalue weighted by Gasteiger charge is 2.21. The van der Waals surface area contributed by atoms with Gasteiger partial charge >= 0.3 is 5.97 Å². The molecule has 142 valence electrons. The van der Waals surface area contributed by atoms with Gasteiger partial charge in [0.2, 0.25) is 0 Å². The fourth-order valence-electron chi connectivity index (χ4n) is 2.96. The maximum Gasteiger partial charge on any atom is 0.331 e. The van der Waals surface area contributed by atoms with Crippen molar-refractivity contribution in [3.8, 4) is 5.75 Å². The summed E-state index contributed by atoms with van der Waals surface area (Å²) in [6, 6.07) is 4.51. The summed E-state index contributed by atoms with van der Waals surface area (Å²) in [7, 11) is 1.38. The Morgan fingerprint density at radius 2 is 1.92 bits per heavy atom. The average Bonchev–Trinajstić information content (AvgIpc) is 2.88. The van der Waals surface area contributed by atoms with Crippen molar-refractivity contribution in [1.82, 2.24) is 5.32 Å². The lowest BCUT2D eigenvalue weighted by molar-refractivity contribution is -0.150. The van der Waals surface area contributed by atoms with E-state index in [4.69, 9.17) is 9.47 Å². The van der Waals surface area contributed by atoms with E-state index < -0.39 is 17.9 Å². The Morgan fingerprint density at radius 3 is 2.54 bits per heavy atom. The lowest BCUT2D eigenvalue weighted by Gasteiger charge is -2.19. The molecule has 1 aromatic carbocycles. The number of rotatable bonds is 6. The average molecular weight is 363 g/mol. The van der Waals surface area contributed by atoms with Gasteiger partial charge in [-0.15, -0.1) is 0 Å². The minimum absolute atomic E-state index is 0.133. The largest absolute Gasteiger partial charge is 0.494 e. The molecule has 0 heterocycles. The second-order valence-electron chi connectivity index (χ2n) is 6.50. The molecular formula is C20H26FNO4. The first-order valence-corrected chi connectivity index (χ1v) is 9.02. The van der Waals surface area contributed by atoms with Crippen LogP contribution in [-0.4, -0.2) is 31.1 Å². The van der Waals surface area contributed by atoms with Crippen molar-refractivity contribution < 1.29 is 23.5 Å². The van der Waals surface area contributed by atoms with Crippen LogP contribution in [0.4, 0.5) is 4.39 Å². The topological polar surface area (TPSA) is 64.6 Å². The molecule has 0 bridgehead atoms. The van der Waals surface area contributed by atoms with Crippen LogP contribution in [0.15, 0.2) is 24.3 Å². The molecule has 1 saturated carbocycles. The quantitative estimate of drug-likeness (QED) is 0.476. The van der Waals surface area contributed by atoms with Crippen LogP contribution < -0.4 is 10.1 Å². The molecule has 0 unspecified atom stereocenters. The number of nitrogens with one attached hydrogen (secondary N) is 1. The first-order valence-electron chi connectivity index (χ1n) is 9.02. The summed E-state index contributed by atoms with van der Waals surface area (Å²) in [5, 5.41) is 2.95. The summed E-state index contributed by atoms with van der Waals surface area (Å²) in [5.74, 6) is -1.31. The molecule has 6 heteroatoms. The molecule has 1 fully saturated rings. The molecule has 2 rings (SSSR count). The molecule has 1 aliphatic rings. The smallest absolute Gasteiger partial charge is 0.331 e. The third kappa shape index (κ3) is 6.17. The maximum absolute atomic E-state index is 13.6. The van der Waals surface area contributed by atoms with E-state index in [-0.39, 0.29) is 17.7 Å². The van der Waals surface area contributed by atoms with Crippen molar-refractivity contribution in [2.24, 2.45) is 0 Å². The molecule has 5 nitrogen and oxygen atoms in total. The third-order valence-electron chi connectivity index (χ3n) is 4.45. The van der Waals surface area contributed by atoms with E-state index in [1.165, 1.54) is 44.2 Å². The third-order valence-corrected chi connectivity index (χ3v) is 4.45. The van der Waals surface area contributed by atoms with Crippen LogP contribution in [0.5, 0.6) is 5.75 Å². The van der Waals surface area contributed by atoms with E-state index in [1.54, 1.807) is 13.0 Å². The lowest BCUT2D eigenvalue weighted by atomic mass is 10.1. The second-order valence-corrected chi connectivity index (χ2v) is 6.50. The fourth-order valence-corrected chi connectivity index (χ4v) is 2.96. The SMILES string of the molecule is COc1ccc(/C=C/C(=O)O[C@@H](C)C(=O)NC2CCCCCC2)cc1F. The number of esters is 1. The molecule has 0 aromatic heterocycles. The molecule has 26 heavy (non-hydrogen) atoms. The van der Waals surface area contributed by atoms with Crippen LogP contribution in [0, 0.1) is 5.82 Å². The predicted octanol–water partition coefficient (Wildman–Crippen LogP) is 3.62. The van der Waals surface area contributed by atoms with Gasteiger partial charge in [-0.25, -0.2) is 9.18 Å². The molecule has 1 aromatic rings. The van der Waals surface area contributed by atoms with Gasteiger partial charge in [0.25, 0.3) is 5.91 Å². The van der Waals surface area contributed by atoms with Crippen molar-refractivity contribution in [3.05, 3.63) is 35.7 Å². The summed E-state index contributed by atoms with van der Waals surface area (Å²) in [5.41, 5.74) is 0.496. The van der Waals surface area contributed by atoms with Crippen LogP contribution in [0.1, 0.15) is 51.0 Å². The van der Waals surface area contributed by atoms with Gasteiger partial charge in [-0.3, -0.25) is 4.79 Å². The summed E-state index contributed by atoms with van der Waals surface area (Å²) in [4.78, 5) is 24.1. The number of amides is 1. The molecule has 1 amide bonds. The van der Waals surface area contributed by atoms with Gasteiger partial charge in [-0.1, -0.05) is 31.7 Å². The molecule has 1 atom stereocenters. The highest BCUT2D eigenvalue weighted by molar-refractivity contribution is 5.90. The summed E-state index contributed by atoms with van der Waals surface area (Å²) in [6.07, 6.45) is 8.30. The zero-order chi connectivity index (χ0) is 18.9. The molecule has 0 spiro atoms. The van der Waals surface area contributed by atoms with Crippen molar-refractivity contribution in [2.45, 2.75) is 57.6 Å².